The number of sulfone groups is 1. The summed E-state index contributed by atoms with van der Waals surface area (Å²) in [5.41, 5.74) is 1.89. The van der Waals surface area contributed by atoms with Gasteiger partial charge in [0.15, 0.2) is 15.7 Å². The maximum absolute atomic E-state index is 13.4. The van der Waals surface area contributed by atoms with Gasteiger partial charge in [0.05, 0.1) is 34.8 Å². The largest absolute Gasteiger partial charge is 0.495 e. The molecule has 10 nitrogen and oxygen atoms in total. The van der Waals surface area contributed by atoms with E-state index in [0.29, 0.717) is 29.0 Å². The van der Waals surface area contributed by atoms with Gasteiger partial charge in [-0.1, -0.05) is 17.7 Å². The van der Waals surface area contributed by atoms with Crippen molar-refractivity contribution in [3.05, 3.63) is 53.2 Å². The quantitative estimate of drug-likeness (QED) is 0.306. The molecule has 0 radical (unpaired) electrons. The number of anilines is 4. The van der Waals surface area contributed by atoms with E-state index >= 15 is 0 Å². The highest BCUT2D eigenvalue weighted by Gasteiger charge is 2.25. The minimum atomic E-state index is -3.63. The molecule has 1 saturated heterocycles. The Morgan fingerprint density at radius 3 is 2.37 bits per heavy atom. The van der Waals surface area contributed by atoms with Crippen molar-refractivity contribution in [3.63, 3.8) is 0 Å². The number of likely N-dealkylation sites (N-methyl/N-ethyl adjacent to an activating group) is 1. The second kappa shape index (κ2) is 12.7. The van der Waals surface area contributed by atoms with E-state index in [4.69, 9.17) is 16.3 Å². The van der Waals surface area contributed by atoms with Gasteiger partial charge in [-0.2, -0.15) is 4.98 Å². The Balaban J connectivity index is 1.63. The summed E-state index contributed by atoms with van der Waals surface area (Å²) >= 11 is 6.45. The van der Waals surface area contributed by atoms with Crippen molar-refractivity contribution in [1.82, 2.24) is 19.8 Å². The highest BCUT2D eigenvalue weighted by molar-refractivity contribution is 7.92. The molecule has 13 heteroatoms. The molecular formula is C28H38ClN6O4PS. The van der Waals surface area contributed by atoms with Crippen molar-refractivity contribution >= 4 is 57.0 Å². The number of methoxy groups -OCH3 is 1. The predicted molar refractivity (Wildman–Crippen MR) is 167 cm³/mol. The minimum absolute atomic E-state index is 0.198. The first kappa shape index (κ1) is 31.3. The van der Waals surface area contributed by atoms with Crippen LogP contribution in [0.5, 0.6) is 5.75 Å². The van der Waals surface area contributed by atoms with Crippen LogP contribution in [0.1, 0.15) is 19.4 Å². The maximum atomic E-state index is 13.4. The summed E-state index contributed by atoms with van der Waals surface area (Å²) in [5.74, 6) is 0.957. The lowest BCUT2D eigenvalue weighted by Crippen LogP contribution is -2.43. The summed E-state index contributed by atoms with van der Waals surface area (Å²) in [4.78, 5) is 13.6. The van der Waals surface area contributed by atoms with Gasteiger partial charge < -0.3 is 24.8 Å². The standard InChI is InChI=1S/C28H38ClN6O4PS/c1-19(2)41(37,38)26-15-20(18-35-13-11-34(3)12-14-35)7-9-24(26)31-27-22(29)17-30-28(33-27)32-23-10-8-21(40(5,6)36)16-25(23)39-4/h7-10,15-17,19H,11-14,18H2,1-6H3,(H2,30,31,32,33). The Bertz CT molecular complexity index is 1560. The van der Waals surface area contributed by atoms with E-state index < -0.39 is 22.2 Å². The van der Waals surface area contributed by atoms with Crippen molar-refractivity contribution in [1.29, 1.82) is 0 Å². The summed E-state index contributed by atoms with van der Waals surface area (Å²) in [7, 11) is -2.47. The van der Waals surface area contributed by atoms with Gasteiger partial charge >= 0.3 is 0 Å². The highest BCUT2D eigenvalue weighted by atomic mass is 35.5. The van der Waals surface area contributed by atoms with E-state index in [1.807, 2.05) is 6.07 Å². The van der Waals surface area contributed by atoms with Crippen LogP contribution in [0.3, 0.4) is 0 Å². The number of aromatic nitrogens is 2. The number of nitrogens with zero attached hydrogens (tertiary/aromatic N) is 4. The molecule has 2 N–H and O–H groups in total. The van der Waals surface area contributed by atoms with Crippen LogP contribution in [0.2, 0.25) is 5.02 Å². The fourth-order valence-electron chi connectivity index (χ4n) is 4.40. The molecule has 1 aliphatic heterocycles. The molecule has 1 aliphatic rings. The third-order valence-electron chi connectivity index (χ3n) is 7.03. The molecule has 0 unspecified atom stereocenters. The lowest BCUT2D eigenvalue weighted by molar-refractivity contribution is 0.148. The first-order valence-corrected chi connectivity index (χ1v) is 17.9. The Kier molecular flexibility index (Phi) is 9.66. The summed E-state index contributed by atoms with van der Waals surface area (Å²) in [6, 6.07) is 10.7. The second-order valence-corrected chi connectivity index (χ2v) is 17.0. The summed E-state index contributed by atoms with van der Waals surface area (Å²) in [5, 5.41) is 6.55. The smallest absolute Gasteiger partial charge is 0.229 e. The number of ether oxygens (including phenoxy) is 1. The fraction of sp³-hybridized carbons (Fsp3) is 0.429. The zero-order valence-electron chi connectivity index (χ0n) is 24.3. The molecule has 0 bridgehead atoms. The fourth-order valence-corrected chi connectivity index (χ4v) is 6.65. The number of nitrogens with one attached hydrogen (secondary N) is 2. The molecule has 3 aromatic rings. The first-order chi connectivity index (χ1) is 19.3. The topological polar surface area (TPSA) is 117 Å². The maximum Gasteiger partial charge on any atom is 0.229 e. The molecule has 41 heavy (non-hydrogen) atoms. The number of halogens is 1. The second-order valence-electron chi connectivity index (χ2n) is 10.9. The van der Waals surface area contributed by atoms with Crippen LogP contribution >= 0.6 is 18.7 Å². The molecule has 0 atom stereocenters. The van der Waals surface area contributed by atoms with Crippen LogP contribution < -0.4 is 20.7 Å². The molecule has 222 valence electrons. The molecule has 0 saturated carbocycles. The average Bonchev–Trinajstić information content (AvgIpc) is 2.92. The number of hydrogen-bond donors (Lipinski definition) is 2. The molecule has 1 fully saturated rings. The Labute approximate surface area is 247 Å². The van der Waals surface area contributed by atoms with E-state index in [1.165, 1.54) is 13.3 Å². The Hall–Kier alpha value is -2.69. The van der Waals surface area contributed by atoms with Crippen molar-refractivity contribution in [3.8, 4) is 5.75 Å². The van der Waals surface area contributed by atoms with Gasteiger partial charge in [-0.25, -0.2) is 13.4 Å². The molecule has 2 aromatic carbocycles. The Morgan fingerprint density at radius 2 is 1.73 bits per heavy atom. The van der Waals surface area contributed by atoms with Gasteiger partial charge in [-0.15, -0.1) is 0 Å². The molecule has 4 rings (SSSR count). The number of piperazine rings is 1. The zero-order chi connectivity index (χ0) is 29.9. The number of rotatable bonds is 10. The summed E-state index contributed by atoms with van der Waals surface area (Å²) < 4.78 is 44.8. The minimum Gasteiger partial charge on any atom is -0.495 e. The molecule has 0 amide bonds. The van der Waals surface area contributed by atoms with Gasteiger partial charge in [0.1, 0.15) is 17.9 Å². The third-order valence-corrected chi connectivity index (χ3v) is 11.0. The predicted octanol–water partition coefficient (Wildman–Crippen LogP) is 4.80. The van der Waals surface area contributed by atoms with E-state index in [1.54, 1.807) is 57.5 Å². The van der Waals surface area contributed by atoms with E-state index in [2.05, 4.69) is 37.4 Å². The summed E-state index contributed by atoms with van der Waals surface area (Å²) in [6.07, 6.45) is 1.44. The lowest BCUT2D eigenvalue weighted by Gasteiger charge is -2.32. The van der Waals surface area contributed by atoms with Crippen LogP contribution in [0, 0.1) is 0 Å². The number of benzene rings is 2. The molecule has 1 aromatic heterocycles. The van der Waals surface area contributed by atoms with Crippen molar-refractivity contribution in [2.75, 3.05) is 64.3 Å². The van der Waals surface area contributed by atoms with Gasteiger partial charge in [-0.05, 0) is 70.1 Å². The van der Waals surface area contributed by atoms with E-state index in [9.17, 15) is 13.0 Å². The Morgan fingerprint density at radius 1 is 1.05 bits per heavy atom. The molecular weight excluding hydrogens is 583 g/mol. The van der Waals surface area contributed by atoms with Gasteiger partial charge in [0.2, 0.25) is 5.95 Å². The monoisotopic (exact) mass is 620 g/mol. The van der Waals surface area contributed by atoms with Gasteiger partial charge in [0, 0.05) is 38.0 Å². The van der Waals surface area contributed by atoms with Gasteiger partial charge in [-0.3, -0.25) is 4.90 Å². The van der Waals surface area contributed by atoms with Crippen LogP contribution in [-0.4, -0.2) is 87.1 Å². The molecule has 0 aliphatic carbocycles. The van der Waals surface area contributed by atoms with Gasteiger partial charge in [0.25, 0.3) is 0 Å². The normalized spacial score (nSPS) is 15.2. The molecule has 0 spiro atoms. The number of hydrogen-bond acceptors (Lipinski definition) is 10. The molecule has 2 heterocycles. The first-order valence-electron chi connectivity index (χ1n) is 13.4. The lowest BCUT2D eigenvalue weighted by atomic mass is 10.1. The zero-order valence-corrected chi connectivity index (χ0v) is 26.8. The van der Waals surface area contributed by atoms with Crippen LogP contribution in [-0.2, 0) is 20.9 Å². The SMILES string of the molecule is COc1cc(P(C)(C)=O)ccc1Nc1ncc(Cl)c(Nc2ccc(CN3CCN(C)CC3)cc2S(=O)(=O)C(C)C)n1. The third kappa shape index (κ3) is 7.59. The van der Waals surface area contributed by atoms with E-state index in [-0.39, 0.29) is 21.7 Å². The van der Waals surface area contributed by atoms with Crippen molar-refractivity contribution < 1.29 is 17.7 Å². The van der Waals surface area contributed by atoms with Crippen LogP contribution in [0.4, 0.5) is 23.1 Å². The van der Waals surface area contributed by atoms with Crippen molar-refractivity contribution in [2.45, 2.75) is 30.5 Å². The van der Waals surface area contributed by atoms with Crippen LogP contribution in [0.15, 0.2) is 47.5 Å². The highest BCUT2D eigenvalue weighted by Crippen LogP contribution is 2.38. The summed E-state index contributed by atoms with van der Waals surface area (Å²) in [6.45, 7) is 11.2. The average molecular weight is 621 g/mol. The van der Waals surface area contributed by atoms with Crippen molar-refractivity contribution in [2.24, 2.45) is 0 Å². The van der Waals surface area contributed by atoms with E-state index in [0.717, 1.165) is 31.7 Å². The van der Waals surface area contributed by atoms with Crippen LogP contribution in [0.25, 0.3) is 0 Å².